The number of ether oxygens (including phenoxy) is 1. The number of benzene rings is 1. The molecule has 2 rings (SSSR count). The van der Waals surface area contributed by atoms with E-state index in [1.54, 1.807) is 24.5 Å². The Morgan fingerprint density at radius 2 is 2.26 bits per heavy atom. The van der Waals surface area contributed by atoms with E-state index in [9.17, 15) is 4.79 Å². The van der Waals surface area contributed by atoms with Crippen LogP contribution in [0.25, 0.3) is 0 Å². The summed E-state index contributed by atoms with van der Waals surface area (Å²) in [4.78, 5) is 15.3. The number of amides is 1. The second-order valence-corrected chi connectivity index (χ2v) is 4.18. The second-order valence-electron chi connectivity index (χ2n) is 3.77. The van der Waals surface area contributed by atoms with E-state index in [1.807, 2.05) is 17.6 Å². The molecule has 5 nitrogen and oxygen atoms in total. The van der Waals surface area contributed by atoms with Crippen LogP contribution in [0.4, 0.5) is 0 Å². The van der Waals surface area contributed by atoms with Crippen LogP contribution in [0, 0.1) is 0 Å². The van der Waals surface area contributed by atoms with Crippen molar-refractivity contribution in [1.29, 1.82) is 0 Å². The number of hydrogen-bond acceptors (Lipinski definition) is 4. The van der Waals surface area contributed by atoms with Crippen LogP contribution in [-0.2, 0) is 6.61 Å². The third-order valence-corrected chi connectivity index (χ3v) is 2.74. The number of pyridine rings is 1. The van der Waals surface area contributed by atoms with Crippen LogP contribution in [0.3, 0.4) is 0 Å². The largest absolute Gasteiger partial charge is 0.487 e. The Balaban J connectivity index is 2.07. The summed E-state index contributed by atoms with van der Waals surface area (Å²) in [5, 5.41) is 0.352. The molecule has 0 aliphatic heterocycles. The van der Waals surface area contributed by atoms with Crippen LogP contribution in [0.1, 0.15) is 15.9 Å². The monoisotopic (exact) mass is 277 g/mol. The van der Waals surface area contributed by atoms with Crippen LogP contribution in [0.5, 0.6) is 5.75 Å². The average molecular weight is 278 g/mol. The summed E-state index contributed by atoms with van der Waals surface area (Å²) in [6.45, 7) is 0.357. The van der Waals surface area contributed by atoms with Gasteiger partial charge in [-0.3, -0.25) is 15.2 Å². The lowest BCUT2D eigenvalue weighted by molar-refractivity contribution is 0.0953. The predicted molar refractivity (Wildman–Crippen MR) is 71.7 cm³/mol. The maximum atomic E-state index is 11.3. The van der Waals surface area contributed by atoms with Crippen molar-refractivity contribution >= 4 is 17.5 Å². The SMILES string of the molecule is NNC(=O)c1ccc(OCc2cccnc2)c(Cl)c1. The summed E-state index contributed by atoms with van der Waals surface area (Å²) in [5.74, 6) is 5.14. The maximum absolute atomic E-state index is 11.3. The van der Waals surface area contributed by atoms with Gasteiger partial charge in [0.05, 0.1) is 5.02 Å². The molecule has 3 N–H and O–H groups in total. The van der Waals surface area contributed by atoms with Gasteiger partial charge in [-0.25, -0.2) is 5.84 Å². The zero-order valence-corrected chi connectivity index (χ0v) is 10.7. The number of carbonyl (C=O) groups excluding carboxylic acids is 1. The molecule has 0 aliphatic rings. The second kappa shape index (κ2) is 6.17. The van der Waals surface area contributed by atoms with E-state index < -0.39 is 5.91 Å². The Bertz CT molecular complexity index is 575. The lowest BCUT2D eigenvalue weighted by Gasteiger charge is -2.09. The molecule has 0 saturated carbocycles. The van der Waals surface area contributed by atoms with Crippen molar-refractivity contribution in [3.05, 3.63) is 58.9 Å². The van der Waals surface area contributed by atoms with Gasteiger partial charge in [0.1, 0.15) is 12.4 Å². The van der Waals surface area contributed by atoms with Crippen LogP contribution in [-0.4, -0.2) is 10.9 Å². The molecule has 98 valence electrons. The van der Waals surface area contributed by atoms with Crippen molar-refractivity contribution in [1.82, 2.24) is 10.4 Å². The van der Waals surface area contributed by atoms with Gasteiger partial charge < -0.3 is 4.74 Å². The highest BCUT2D eigenvalue weighted by Gasteiger charge is 2.08. The number of nitrogens with one attached hydrogen (secondary N) is 1. The molecule has 0 saturated heterocycles. The minimum atomic E-state index is -0.402. The zero-order valence-electron chi connectivity index (χ0n) is 9.97. The molecule has 6 heteroatoms. The molecule has 0 atom stereocenters. The fourth-order valence-corrected chi connectivity index (χ4v) is 1.72. The third kappa shape index (κ3) is 3.43. The fourth-order valence-electron chi connectivity index (χ4n) is 1.49. The lowest BCUT2D eigenvalue weighted by Crippen LogP contribution is -2.29. The molecule has 1 aromatic heterocycles. The van der Waals surface area contributed by atoms with Crippen LogP contribution in [0.2, 0.25) is 5.02 Å². The number of nitrogen functional groups attached to an aromatic ring is 1. The van der Waals surface area contributed by atoms with Gasteiger partial charge in [-0.2, -0.15) is 0 Å². The topological polar surface area (TPSA) is 77.2 Å². The highest BCUT2D eigenvalue weighted by atomic mass is 35.5. The van der Waals surface area contributed by atoms with E-state index in [0.717, 1.165) is 5.56 Å². The quantitative estimate of drug-likeness (QED) is 0.508. The van der Waals surface area contributed by atoms with Gasteiger partial charge in [-0.15, -0.1) is 0 Å². The van der Waals surface area contributed by atoms with E-state index in [0.29, 0.717) is 22.9 Å². The Labute approximate surface area is 115 Å². The van der Waals surface area contributed by atoms with Gasteiger partial charge in [0.15, 0.2) is 0 Å². The van der Waals surface area contributed by atoms with Gasteiger partial charge in [0, 0.05) is 23.5 Å². The van der Waals surface area contributed by atoms with E-state index in [1.165, 1.54) is 6.07 Å². The molecule has 0 aliphatic carbocycles. The van der Waals surface area contributed by atoms with Gasteiger partial charge in [0.2, 0.25) is 0 Å². The first-order chi connectivity index (χ1) is 9.20. The van der Waals surface area contributed by atoms with Crippen molar-refractivity contribution in [2.45, 2.75) is 6.61 Å². The first kappa shape index (κ1) is 13.3. The van der Waals surface area contributed by atoms with E-state index in [4.69, 9.17) is 22.2 Å². The van der Waals surface area contributed by atoms with E-state index in [-0.39, 0.29) is 0 Å². The maximum Gasteiger partial charge on any atom is 0.265 e. The summed E-state index contributed by atoms with van der Waals surface area (Å²) in [5.41, 5.74) is 3.35. The number of rotatable bonds is 4. The van der Waals surface area contributed by atoms with Crippen LogP contribution in [0.15, 0.2) is 42.7 Å². The van der Waals surface area contributed by atoms with Gasteiger partial charge in [-0.05, 0) is 24.3 Å². The van der Waals surface area contributed by atoms with Crippen molar-refractivity contribution in [3.8, 4) is 5.75 Å². The van der Waals surface area contributed by atoms with Gasteiger partial charge >= 0.3 is 0 Å². The molecule has 2 aromatic rings. The predicted octanol–water partition coefficient (Wildman–Crippen LogP) is 1.92. The minimum absolute atomic E-state index is 0.352. The zero-order chi connectivity index (χ0) is 13.7. The van der Waals surface area contributed by atoms with E-state index >= 15 is 0 Å². The standard InChI is InChI=1S/C13H12ClN3O2/c14-11-6-10(13(18)17-15)3-4-12(11)19-8-9-2-1-5-16-7-9/h1-7H,8,15H2,(H,17,18). The fraction of sp³-hybridized carbons (Fsp3) is 0.0769. The number of hydrazine groups is 1. The molecule has 1 amide bonds. The first-order valence-corrected chi connectivity index (χ1v) is 5.90. The van der Waals surface area contributed by atoms with E-state index in [2.05, 4.69) is 4.98 Å². The molecule has 0 bridgehead atoms. The van der Waals surface area contributed by atoms with Gasteiger partial charge in [-0.1, -0.05) is 17.7 Å². The van der Waals surface area contributed by atoms with Crippen LogP contribution < -0.4 is 16.0 Å². The molecule has 0 unspecified atom stereocenters. The molecule has 0 spiro atoms. The van der Waals surface area contributed by atoms with Crippen LogP contribution >= 0.6 is 11.6 Å². The number of nitrogens with two attached hydrogens (primary N) is 1. The third-order valence-electron chi connectivity index (χ3n) is 2.44. The Morgan fingerprint density at radius 1 is 1.42 bits per heavy atom. The normalized spacial score (nSPS) is 10.0. The number of hydrogen-bond donors (Lipinski definition) is 2. The smallest absolute Gasteiger partial charge is 0.265 e. The Kier molecular flexibility index (Phi) is 4.33. The summed E-state index contributed by atoms with van der Waals surface area (Å²) in [6.07, 6.45) is 3.40. The minimum Gasteiger partial charge on any atom is -0.487 e. The van der Waals surface area contributed by atoms with Crippen molar-refractivity contribution < 1.29 is 9.53 Å². The molecule has 0 radical (unpaired) electrons. The number of carbonyl (C=O) groups is 1. The number of nitrogens with zero attached hydrogens (tertiary/aromatic N) is 1. The Morgan fingerprint density at radius 3 is 2.89 bits per heavy atom. The lowest BCUT2D eigenvalue weighted by atomic mass is 10.2. The summed E-state index contributed by atoms with van der Waals surface area (Å²) < 4.78 is 5.56. The summed E-state index contributed by atoms with van der Waals surface area (Å²) >= 11 is 6.04. The molecule has 1 heterocycles. The molecular formula is C13H12ClN3O2. The molecule has 1 aromatic carbocycles. The molecular weight excluding hydrogens is 266 g/mol. The summed E-state index contributed by atoms with van der Waals surface area (Å²) in [7, 11) is 0. The van der Waals surface area contributed by atoms with Crippen molar-refractivity contribution in [3.63, 3.8) is 0 Å². The molecule has 19 heavy (non-hydrogen) atoms. The number of aromatic nitrogens is 1. The van der Waals surface area contributed by atoms with Crippen molar-refractivity contribution in [2.75, 3.05) is 0 Å². The first-order valence-electron chi connectivity index (χ1n) is 5.53. The Hall–Kier alpha value is -2.11. The van der Waals surface area contributed by atoms with Gasteiger partial charge in [0.25, 0.3) is 5.91 Å². The summed E-state index contributed by atoms with van der Waals surface area (Å²) in [6, 6.07) is 8.45. The van der Waals surface area contributed by atoms with Crippen molar-refractivity contribution in [2.24, 2.45) is 5.84 Å². The highest BCUT2D eigenvalue weighted by Crippen LogP contribution is 2.26. The molecule has 0 fully saturated rings. The number of halogens is 1. The average Bonchev–Trinajstić information content (AvgIpc) is 2.46. The highest BCUT2D eigenvalue weighted by molar-refractivity contribution is 6.32.